The summed E-state index contributed by atoms with van der Waals surface area (Å²) in [5.41, 5.74) is 3.00. The van der Waals surface area contributed by atoms with E-state index in [1.165, 1.54) is 12.0 Å². The number of aryl methyl sites for hydroxylation is 1. The van der Waals surface area contributed by atoms with Crippen molar-refractivity contribution in [2.75, 3.05) is 13.7 Å². The minimum absolute atomic E-state index is 0.0481. The van der Waals surface area contributed by atoms with Crippen LogP contribution >= 0.6 is 0 Å². The molecule has 0 aromatic heterocycles. The number of hydrogen-bond donors (Lipinski definition) is 1. The summed E-state index contributed by atoms with van der Waals surface area (Å²) >= 11 is 0. The van der Waals surface area contributed by atoms with Crippen LogP contribution in [0.3, 0.4) is 0 Å². The first kappa shape index (κ1) is 25.0. The van der Waals surface area contributed by atoms with Crippen LogP contribution in [0.1, 0.15) is 42.1 Å². The number of rotatable bonds is 8. The lowest BCUT2D eigenvalue weighted by molar-refractivity contribution is -0.140. The van der Waals surface area contributed by atoms with Gasteiger partial charge < -0.3 is 19.5 Å². The molecule has 6 nitrogen and oxygen atoms in total. The molecule has 36 heavy (non-hydrogen) atoms. The predicted octanol–water partition coefficient (Wildman–Crippen LogP) is 5.66. The highest BCUT2D eigenvalue weighted by Crippen LogP contribution is 2.41. The van der Waals surface area contributed by atoms with E-state index < -0.39 is 17.7 Å². The number of nitrogens with zero attached hydrogens (tertiary/aromatic N) is 1. The van der Waals surface area contributed by atoms with Gasteiger partial charge in [-0.3, -0.25) is 9.59 Å². The van der Waals surface area contributed by atoms with Crippen LogP contribution in [0, 0.1) is 12.8 Å². The summed E-state index contributed by atoms with van der Waals surface area (Å²) in [6.45, 7) is 6.94. The maximum absolute atomic E-state index is 13.3. The fourth-order valence-electron chi connectivity index (χ4n) is 4.37. The van der Waals surface area contributed by atoms with Gasteiger partial charge in [0.1, 0.15) is 17.3 Å². The normalized spacial score (nSPS) is 17.0. The standard InChI is InChI=1S/C30H31NO5/c1-19(2)18-36-23-14-12-21(13-15-23)17-31-27(22-9-7-8-20(3)16-22)26(29(33)30(31)34)28(32)24-10-5-6-11-25(24)35-4/h5-16,19,27,32H,17-18H2,1-4H3/b28-26-. The van der Waals surface area contributed by atoms with Crippen molar-refractivity contribution in [1.82, 2.24) is 4.90 Å². The lowest BCUT2D eigenvalue weighted by atomic mass is 9.94. The van der Waals surface area contributed by atoms with Crippen molar-refractivity contribution >= 4 is 17.4 Å². The molecule has 4 rings (SSSR count). The van der Waals surface area contributed by atoms with Crippen LogP contribution in [0.2, 0.25) is 0 Å². The van der Waals surface area contributed by atoms with Crippen molar-refractivity contribution in [3.05, 3.63) is 101 Å². The van der Waals surface area contributed by atoms with Gasteiger partial charge >= 0.3 is 0 Å². The fraction of sp³-hybridized carbons (Fsp3) is 0.267. The van der Waals surface area contributed by atoms with Crippen LogP contribution in [0.4, 0.5) is 0 Å². The Morgan fingerprint density at radius 3 is 2.39 bits per heavy atom. The summed E-state index contributed by atoms with van der Waals surface area (Å²) in [6, 6.07) is 21.3. The van der Waals surface area contributed by atoms with E-state index >= 15 is 0 Å². The highest BCUT2D eigenvalue weighted by Gasteiger charge is 2.46. The molecule has 1 saturated heterocycles. The number of Topliss-reactive ketones (excluding diaryl/α,β-unsaturated/α-hetero) is 1. The SMILES string of the molecule is COc1ccccc1/C(O)=C1/C(=O)C(=O)N(Cc2ccc(OCC(C)C)cc2)C1c1cccc(C)c1. The number of hydrogen-bond acceptors (Lipinski definition) is 5. The Bertz CT molecular complexity index is 1290. The topological polar surface area (TPSA) is 76.1 Å². The molecule has 0 aliphatic carbocycles. The van der Waals surface area contributed by atoms with E-state index in [0.717, 1.165) is 22.4 Å². The van der Waals surface area contributed by atoms with E-state index in [4.69, 9.17) is 9.47 Å². The maximum atomic E-state index is 13.3. The van der Waals surface area contributed by atoms with E-state index in [1.54, 1.807) is 24.3 Å². The number of para-hydroxylation sites is 1. The van der Waals surface area contributed by atoms with Crippen molar-refractivity contribution in [3.8, 4) is 11.5 Å². The molecule has 6 heteroatoms. The molecule has 1 amide bonds. The third kappa shape index (κ3) is 5.13. The Balaban J connectivity index is 1.76. The summed E-state index contributed by atoms with van der Waals surface area (Å²) in [4.78, 5) is 28.1. The third-order valence-corrected chi connectivity index (χ3v) is 6.12. The van der Waals surface area contributed by atoms with Crippen molar-refractivity contribution in [2.45, 2.75) is 33.4 Å². The average Bonchev–Trinajstić information content (AvgIpc) is 3.12. The second-order valence-corrected chi connectivity index (χ2v) is 9.39. The maximum Gasteiger partial charge on any atom is 0.295 e. The number of likely N-dealkylation sites (tertiary alicyclic amines) is 1. The molecule has 0 radical (unpaired) electrons. The number of ketones is 1. The van der Waals surface area contributed by atoms with Gasteiger partial charge in [-0.1, -0.05) is 67.9 Å². The molecular weight excluding hydrogens is 454 g/mol. The Kier molecular flexibility index (Phi) is 7.44. The molecule has 1 unspecified atom stereocenters. The van der Waals surface area contributed by atoms with Gasteiger partial charge in [0, 0.05) is 6.54 Å². The largest absolute Gasteiger partial charge is 0.507 e. The van der Waals surface area contributed by atoms with Gasteiger partial charge in [0.2, 0.25) is 0 Å². The monoisotopic (exact) mass is 485 g/mol. The lowest BCUT2D eigenvalue weighted by Gasteiger charge is -2.26. The molecular formula is C30H31NO5. The smallest absolute Gasteiger partial charge is 0.295 e. The Hall–Kier alpha value is -4.06. The second-order valence-electron chi connectivity index (χ2n) is 9.39. The average molecular weight is 486 g/mol. The van der Waals surface area contributed by atoms with Crippen LogP contribution in [-0.4, -0.2) is 35.4 Å². The molecule has 1 aliphatic rings. The lowest BCUT2D eigenvalue weighted by Crippen LogP contribution is -2.29. The molecule has 0 spiro atoms. The molecule has 3 aromatic rings. The Morgan fingerprint density at radius 2 is 1.72 bits per heavy atom. The fourth-order valence-corrected chi connectivity index (χ4v) is 4.37. The van der Waals surface area contributed by atoms with Crippen molar-refractivity contribution in [1.29, 1.82) is 0 Å². The molecule has 0 saturated carbocycles. The zero-order valence-electron chi connectivity index (χ0n) is 21.0. The second kappa shape index (κ2) is 10.7. The van der Waals surface area contributed by atoms with E-state index in [9.17, 15) is 14.7 Å². The van der Waals surface area contributed by atoms with Crippen LogP contribution in [0.5, 0.6) is 11.5 Å². The van der Waals surface area contributed by atoms with E-state index in [-0.39, 0.29) is 17.9 Å². The molecule has 0 bridgehead atoms. The summed E-state index contributed by atoms with van der Waals surface area (Å²) in [5.74, 6) is -0.0478. The summed E-state index contributed by atoms with van der Waals surface area (Å²) in [6.07, 6.45) is 0. The van der Waals surface area contributed by atoms with E-state index in [1.807, 2.05) is 55.5 Å². The van der Waals surface area contributed by atoms with E-state index in [2.05, 4.69) is 13.8 Å². The molecule has 1 atom stereocenters. The number of carbonyl (C=O) groups is 2. The molecule has 1 fully saturated rings. The highest BCUT2D eigenvalue weighted by atomic mass is 16.5. The minimum atomic E-state index is -0.744. The van der Waals surface area contributed by atoms with Gasteiger partial charge in [0.15, 0.2) is 0 Å². The quantitative estimate of drug-likeness (QED) is 0.253. The summed E-state index contributed by atoms with van der Waals surface area (Å²) in [7, 11) is 1.50. The molecule has 186 valence electrons. The molecule has 1 N–H and O–H groups in total. The van der Waals surface area contributed by atoms with Crippen molar-refractivity contribution in [3.63, 3.8) is 0 Å². The Morgan fingerprint density at radius 1 is 1.00 bits per heavy atom. The van der Waals surface area contributed by atoms with Crippen LogP contribution in [-0.2, 0) is 16.1 Å². The van der Waals surface area contributed by atoms with Crippen molar-refractivity contribution < 1.29 is 24.2 Å². The zero-order valence-corrected chi connectivity index (χ0v) is 21.0. The summed E-state index contributed by atoms with van der Waals surface area (Å²) in [5, 5.41) is 11.3. The molecule has 1 aliphatic heterocycles. The summed E-state index contributed by atoms with van der Waals surface area (Å²) < 4.78 is 11.2. The Labute approximate surface area is 211 Å². The number of ether oxygens (including phenoxy) is 2. The van der Waals surface area contributed by atoms with Gasteiger partial charge in [-0.05, 0) is 48.2 Å². The van der Waals surface area contributed by atoms with Gasteiger partial charge in [0.25, 0.3) is 11.7 Å². The molecule has 1 heterocycles. The minimum Gasteiger partial charge on any atom is -0.507 e. The van der Waals surface area contributed by atoms with Crippen LogP contribution < -0.4 is 9.47 Å². The van der Waals surface area contributed by atoms with Gasteiger partial charge in [-0.2, -0.15) is 0 Å². The van der Waals surface area contributed by atoms with Crippen LogP contribution in [0.15, 0.2) is 78.4 Å². The first-order valence-electron chi connectivity index (χ1n) is 12.0. The number of aliphatic hydroxyl groups is 1. The number of carbonyl (C=O) groups excluding carboxylic acids is 2. The van der Waals surface area contributed by atoms with Gasteiger partial charge in [0.05, 0.1) is 30.9 Å². The number of aliphatic hydroxyl groups excluding tert-OH is 1. The van der Waals surface area contributed by atoms with Gasteiger partial charge in [-0.15, -0.1) is 0 Å². The number of amides is 1. The van der Waals surface area contributed by atoms with Crippen molar-refractivity contribution in [2.24, 2.45) is 5.92 Å². The van der Waals surface area contributed by atoms with Crippen LogP contribution in [0.25, 0.3) is 5.76 Å². The number of benzene rings is 3. The first-order chi connectivity index (χ1) is 17.3. The molecule has 3 aromatic carbocycles. The number of methoxy groups -OCH3 is 1. The zero-order chi connectivity index (χ0) is 25.8. The highest BCUT2D eigenvalue weighted by molar-refractivity contribution is 6.46. The predicted molar refractivity (Wildman–Crippen MR) is 139 cm³/mol. The third-order valence-electron chi connectivity index (χ3n) is 6.12. The van der Waals surface area contributed by atoms with Gasteiger partial charge in [-0.25, -0.2) is 0 Å². The van der Waals surface area contributed by atoms with E-state index in [0.29, 0.717) is 23.8 Å². The first-order valence-corrected chi connectivity index (χ1v) is 12.0.